The molecule has 0 fully saturated rings. The molecule has 134 valence electrons. The van der Waals surface area contributed by atoms with Gasteiger partial charge in [-0.1, -0.05) is 19.9 Å². The maximum absolute atomic E-state index is 12.2. The third kappa shape index (κ3) is 5.38. The van der Waals surface area contributed by atoms with Crippen LogP contribution in [0.3, 0.4) is 0 Å². The number of pyridine rings is 1. The number of ether oxygens (including phenoxy) is 2. The number of nitrogens with one attached hydrogen (secondary N) is 2. The largest absolute Gasteiger partial charge is 0.493 e. The highest BCUT2D eigenvalue weighted by Crippen LogP contribution is 2.27. The number of hydrogen-bond donors (Lipinski definition) is 2. The maximum Gasteiger partial charge on any atom is 0.253 e. The second kappa shape index (κ2) is 8.92. The minimum absolute atomic E-state index is 0.169. The molecule has 0 radical (unpaired) electrons. The van der Waals surface area contributed by atoms with Gasteiger partial charge in [0.15, 0.2) is 11.5 Å². The van der Waals surface area contributed by atoms with Crippen LogP contribution in [0.1, 0.15) is 29.8 Å². The first-order valence-electron chi connectivity index (χ1n) is 8.22. The Morgan fingerprint density at radius 3 is 2.48 bits per heavy atom. The highest BCUT2D eigenvalue weighted by atomic mass is 16.5. The average molecular weight is 343 g/mol. The number of anilines is 1. The summed E-state index contributed by atoms with van der Waals surface area (Å²) in [6, 6.07) is 9.12. The van der Waals surface area contributed by atoms with E-state index in [2.05, 4.69) is 29.5 Å². The van der Waals surface area contributed by atoms with Gasteiger partial charge in [-0.3, -0.25) is 4.79 Å². The molecule has 0 unspecified atom stereocenters. The van der Waals surface area contributed by atoms with Crippen molar-refractivity contribution in [1.29, 1.82) is 0 Å². The molecular weight excluding hydrogens is 318 g/mol. The molecule has 1 amide bonds. The Bertz CT molecular complexity index is 700. The van der Waals surface area contributed by atoms with Crippen molar-refractivity contribution < 1.29 is 14.3 Å². The summed E-state index contributed by atoms with van der Waals surface area (Å²) in [6.45, 7) is 5.50. The lowest BCUT2D eigenvalue weighted by Crippen LogP contribution is -2.23. The molecule has 0 bridgehead atoms. The van der Waals surface area contributed by atoms with Gasteiger partial charge in [-0.25, -0.2) is 4.98 Å². The third-order valence-electron chi connectivity index (χ3n) is 3.62. The van der Waals surface area contributed by atoms with E-state index in [0.29, 0.717) is 29.5 Å². The first-order valence-corrected chi connectivity index (χ1v) is 8.22. The van der Waals surface area contributed by atoms with E-state index in [4.69, 9.17) is 9.47 Å². The predicted molar refractivity (Wildman–Crippen MR) is 98.3 cm³/mol. The number of benzene rings is 1. The van der Waals surface area contributed by atoms with Crippen LogP contribution in [0.5, 0.6) is 11.5 Å². The van der Waals surface area contributed by atoms with Crippen molar-refractivity contribution in [1.82, 2.24) is 10.3 Å². The Balaban J connectivity index is 1.93. The van der Waals surface area contributed by atoms with Crippen LogP contribution in [0.25, 0.3) is 0 Å². The van der Waals surface area contributed by atoms with Crippen LogP contribution < -0.4 is 20.1 Å². The Labute approximate surface area is 148 Å². The van der Waals surface area contributed by atoms with E-state index in [1.165, 1.54) is 0 Å². The van der Waals surface area contributed by atoms with Crippen LogP contribution in [0.4, 0.5) is 5.82 Å². The average Bonchev–Trinajstić information content (AvgIpc) is 2.64. The molecular formula is C19H25N3O3. The number of aromatic nitrogens is 1. The summed E-state index contributed by atoms with van der Waals surface area (Å²) in [5, 5.41) is 6.10. The number of methoxy groups -OCH3 is 2. The van der Waals surface area contributed by atoms with Crippen molar-refractivity contribution >= 4 is 11.7 Å². The zero-order valence-electron chi connectivity index (χ0n) is 15.1. The van der Waals surface area contributed by atoms with Gasteiger partial charge in [-0.15, -0.1) is 0 Å². The minimum atomic E-state index is -0.169. The van der Waals surface area contributed by atoms with Crippen molar-refractivity contribution in [2.75, 3.05) is 26.1 Å². The number of carbonyl (C=O) groups is 1. The van der Waals surface area contributed by atoms with Crippen molar-refractivity contribution in [2.24, 2.45) is 5.92 Å². The van der Waals surface area contributed by atoms with Crippen molar-refractivity contribution in [2.45, 2.75) is 20.4 Å². The smallest absolute Gasteiger partial charge is 0.253 e. The van der Waals surface area contributed by atoms with E-state index in [1.807, 2.05) is 24.3 Å². The van der Waals surface area contributed by atoms with Crippen LogP contribution in [0.15, 0.2) is 36.5 Å². The predicted octanol–water partition coefficient (Wildman–Crippen LogP) is 3.10. The van der Waals surface area contributed by atoms with Crippen LogP contribution in [0, 0.1) is 5.92 Å². The van der Waals surface area contributed by atoms with Gasteiger partial charge in [-0.05, 0) is 35.7 Å². The molecule has 0 atom stereocenters. The fourth-order valence-electron chi connectivity index (χ4n) is 2.22. The van der Waals surface area contributed by atoms with Gasteiger partial charge in [0.1, 0.15) is 5.82 Å². The van der Waals surface area contributed by atoms with Crippen LogP contribution >= 0.6 is 0 Å². The lowest BCUT2D eigenvalue weighted by atomic mass is 10.2. The summed E-state index contributed by atoms with van der Waals surface area (Å²) in [6.07, 6.45) is 1.58. The Morgan fingerprint density at radius 1 is 1.12 bits per heavy atom. The summed E-state index contributed by atoms with van der Waals surface area (Å²) < 4.78 is 10.5. The molecule has 2 aromatic rings. The van der Waals surface area contributed by atoms with Gasteiger partial charge in [0.25, 0.3) is 5.91 Å². The molecule has 0 aliphatic carbocycles. The quantitative estimate of drug-likeness (QED) is 0.770. The first-order chi connectivity index (χ1) is 12.0. The van der Waals surface area contributed by atoms with Crippen molar-refractivity contribution in [3.63, 3.8) is 0 Å². The molecule has 6 nitrogen and oxygen atoms in total. The van der Waals surface area contributed by atoms with Gasteiger partial charge < -0.3 is 20.1 Å². The number of nitrogens with zero attached hydrogens (tertiary/aromatic N) is 1. The number of hydrogen-bond acceptors (Lipinski definition) is 5. The SMILES string of the molecule is COc1ccc(CNC(=O)c2ccc(NCC(C)C)nc2)cc1OC. The van der Waals surface area contributed by atoms with Gasteiger partial charge in [-0.2, -0.15) is 0 Å². The lowest BCUT2D eigenvalue weighted by Gasteiger charge is -2.11. The topological polar surface area (TPSA) is 72.5 Å². The zero-order valence-corrected chi connectivity index (χ0v) is 15.1. The van der Waals surface area contributed by atoms with Crippen molar-refractivity contribution in [3.8, 4) is 11.5 Å². The normalized spacial score (nSPS) is 10.4. The fourth-order valence-corrected chi connectivity index (χ4v) is 2.22. The Kier molecular flexibility index (Phi) is 6.62. The molecule has 2 rings (SSSR count). The van der Waals surface area contributed by atoms with E-state index in [9.17, 15) is 4.79 Å². The first kappa shape index (κ1) is 18.6. The molecule has 2 N–H and O–H groups in total. The van der Waals surface area contributed by atoms with E-state index in [-0.39, 0.29) is 5.91 Å². The Hall–Kier alpha value is -2.76. The van der Waals surface area contributed by atoms with Crippen molar-refractivity contribution in [3.05, 3.63) is 47.7 Å². The standard InChI is InChI=1S/C19H25N3O3/c1-13(2)10-20-18-8-6-15(12-21-18)19(23)22-11-14-5-7-16(24-3)17(9-14)25-4/h5-9,12-13H,10-11H2,1-4H3,(H,20,21)(H,22,23). The molecule has 1 aromatic heterocycles. The monoisotopic (exact) mass is 343 g/mol. The number of rotatable bonds is 8. The van der Waals surface area contributed by atoms with E-state index in [0.717, 1.165) is 17.9 Å². The van der Waals surface area contributed by atoms with Crippen LogP contribution in [0.2, 0.25) is 0 Å². The molecule has 0 aliphatic rings. The molecule has 25 heavy (non-hydrogen) atoms. The number of carbonyl (C=O) groups excluding carboxylic acids is 1. The molecule has 1 aromatic carbocycles. The second-order valence-corrected chi connectivity index (χ2v) is 6.08. The van der Waals surface area contributed by atoms with Crippen LogP contribution in [-0.4, -0.2) is 31.7 Å². The molecule has 6 heteroatoms. The lowest BCUT2D eigenvalue weighted by molar-refractivity contribution is 0.0950. The third-order valence-corrected chi connectivity index (χ3v) is 3.62. The highest BCUT2D eigenvalue weighted by molar-refractivity contribution is 5.94. The summed E-state index contributed by atoms with van der Waals surface area (Å²) in [4.78, 5) is 16.5. The van der Waals surface area contributed by atoms with E-state index >= 15 is 0 Å². The van der Waals surface area contributed by atoms with Crippen LogP contribution in [-0.2, 0) is 6.54 Å². The summed E-state index contributed by atoms with van der Waals surface area (Å²) in [5.41, 5.74) is 1.45. The van der Waals surface area contributed by atoms with Gasteiger partial charge in [0.2, 0.25) is 0 Å². The van der Waals surface area contributed by atoms with Gasteiger partial charge in [0.05, 0.1) is 19.8 Å². The molecule has 0 spiro atoms. The van der Waals surface area contributed by atoms with Gasteiger partial charge in [0, 0.05) is 19.3 Å². The molecule has 1 heterocycles. The minimum Gasteiger partial charge on any atom is -0.493 e. The van der Waals surface area contributed by atoms with Gasteiger partial charge >= 0.3 is 0 Å². The van der Waals surface area contributed by atoms with E-state index in [1.54, 1.807) is 26.5 Å². The summed E-state index contributed by atoms with van der Waals surface area (Å²) >= 11 is 0. The van der Waals surface area contributed by atoms with E-state index < -0.39 is 0 Å². The highest BCUT2D eigenvalue weighted by Gasteiger charge is 2.08. The summed E-state index contributed by atoms with van der Waals surface area (Å²) in [5.74, 6) is 2.43. The maximum atomic E-state index is 12.2. The second-order valence-electron chi connectivity index (χ2n) is 6.08. The Morgan fingerprint density at radius 2 is 1.88 bits per heavy atom. The summed E-state index contributed by atoms with van der Waals surface area (Å²) in [7, 11) is 3.17. The number of amides is 1. The molecule has 0 aliphatic heterocycles. The molecule has 0 saturated carbocycles. The fraction of sp³-hybridized carbons (Fsp3) is 0.368. The molecule has 0 saturated heterocycles. The zero-order chi connectivity index (χ0) is 18.2.